The van der Waals surface area contributed by atoms with Crippen molar-refractivity contribution in [3.05, 3.63) is 54.3 Å². The number of benzene rings is 2. The first-order chi connectivity index (χ1) is 10.0. The first-order valence-corrected chi connectivity index (χ1v) is 5.91. The second-order valence-electron chi connectivity index (χ2n) is 3.99. The Balaban J connectivity index is 1.97. The van der Waals surface area contributed by atoms with Crippen molar-refractivity contribution in [2.24, 2.45) is 0 Å². The third kappa shape index (κ3) is 4.72. The summed E-state index contributed by atoms with van der Waals surface area (Å²) in [6.45, 7) is -2.94. The van der Waals surface area contributed by atoms with Gasteiger partial charge in [0.05, 0.1) is 0 Å². The molecule has 21 heavy (non-hydrogen) atoms. The summed E-state index contributed by atoms with van der Waals surface area (Å²) in [6.07, 6.45) is 0. The molecular formula is C14H11F3N2O2. The Morgan fingerprint density at radius 1 is 1.00 bits per heavy atom. The van der Waals surface area contributed by atoms with Crippen molar-refractivity contribution in [3.8, 4) is 5.75 Å². The molecular weight excluding hydrogens is 285 g/mol. The number of urea groups is 1. The highest BCUT2D eigenvalue weighted by molar-refractivity contribution is 5.99. The van der Waals surface area contributed by atoms with E-state index in [1.807, 2.05) is 0 Å². The van der Waals surface area contributed by atoms with Gasteiger partial charge in [0.15, 0.2) is 0 Å². The molecule has 0 unspecified atom stereocenters. The number of ether oxygens (including phenoxy) is 1. The zero-order chi connectivity index (χ0) is 15.2. The highest BCUT2D eigenvalue weighted by atomic mass is 19.3. The van der Waals surface area contributed by atoms with E-state index in [4.69, 9.17) is 0 Å². The van der Waals surface area contributed by atoms with E-state index in [2.05, 4.69) is 15.4 Å². The molecule has 0 saturated heterocycles. The normalized spacial score (nSPS) is 10.3. The molecule has 2 aromatic rings. The molecule has 0 spiro atoms. The minimum atomic E-state index is -2.94. The average molecular weight is 296 g/mol. The minimum absolute atomic E-state index is 0.0652. The van der Waals surface area contributed by atoms with Gasteiger partial charge in [0, 0.05) is 17.4 Å². The van der Waals surface area contributed by atoms with Gasteiger partial charge in [0.1, 0.15) is 11.6 Å². The molecule has 0 aliphatic carbocycles. The van der Waals surface area contributed by atoms with Crippen LogP contribution in [-0.2, 0) is 0 Å². The van der Waals surface area contributed by atoms with E-state index >= 15 is 0 Å². The Bertz CT molecular complexity index is 618. The molecule has 2 aromatic carbocycles. The van der Waals surface area contributed by atoms with E-state index in [0.717, 1.165) is 0 Å². The van der Waals surface area contributed by atoms with E-state index in [-0.39, 0.29) is 11.4 Å². The van der Waals surface area contributed by atoms with E-state index < -0.39 is 18.5 Å². The summed E-state index contributed by atoms with van der Waals surface area (Å²) in [5.41, 5.74) is 0.682. The topological polar surface area (TPSA) is 50.4 Å². The van der Waals surface area contributed by atoms with Gasteiger partial charge in [0.2, 0.25) is 0 Å². The molecule has 0 heterocycles. The van der Waals surface area contributed by atoms with Crippen LogP contribution in [0.5, 0.6) is 5.75 Å². The molecule has 0 bridgehead atoms. The summed E-state index contributed by atoms with van der Waals surface area (Å²) in [5.74, 6) is -0.484. The lowest BCUT2D eigenvalue weighted by molar-refractivity contribution is -0.0497. The van der Waals surface area contributed by atoms with Crippen LogP contribution in [0.15, 0.2) is 48.5 Å². The van der Waals surface area contributed by atoms with Crippen molar-refractivity contribution >= 4 is 17.4 Å². The number of anilines is 2. The van der Waals surface area contributed by atoms with Gasteiger partial charge >= 0.3 is 12.6 Å². The number of carbonyl (C=O) groups excluding carboxylic acids is 1. The van der Waals surface area contributed by atoms with Crippen molar-refractivity contribution in [2.75, 3.05) is 10.6 Å². The van der Waals surface area contributed by atoms with Gasteiger partial charge in [-0.15, -0.1) is 0 Å². The first-order valence-electron chi connectivity index (χ1n) is 5.91. The predicted octanol–water partition coefficient (Wildman–Crippen LogP) is 4.07. The number of nitrogens with one attached hydrogen (secondary N) is 2. The van der Waals surface area contributed by atoms with Gasteiger partial charge in [-0.2, -0.15) is 8.78 Å². The maximum Gasteiger partial charge on any atom is 0.387 e. The zero-order valence-electron chi connectivity index (χ0n) is 10.6. The molecule has 110 valence electrons. The SMILES string of the molecule is O=C(Nc1ccc(F)cc1)Nc1cccc(OC(F)F)c1. The lowest BCUT2D eigenvalue weighted by atomic mass is 10.3. The monoisotopic (exact) mass is 296 g/mol. The van der Waals surface area contributed by atoms with Crippen LogP contribution < -0.4 is 15.4 Å². The van der Waals surface area contributed by atoms with Crippen LogP contribution in [0.3, 0.4) is 0 Å². The van der Waals surface area contributed by atoms with Gasteiger partial charge in [0.25, 0.3) is 0 Å². The van der Waals surface area contributed by atoms with Crippen molar-refractivity contribution in [1.82, 2.24) is 0 Å². The Morgan fingerprint density at radius 2 is 1.67 bits per heavy atom. The summed E-state index contributed by atoms with van der Waals surface area (Å²) in [6, 6.07) is 10.2. The van der Waals surface area contributed by atoms with Crippen LogP contribution in [0.1, 0.15) is 0 Å². The standard InChI is InChI=1S/C14H11F3N2O2/c15-9-4-6-10(7-5-9)18-14(20)19-11-2-1-3-12(8-11)21-13(16)17/h1-8,13H,(H2,18,19,20). The Labute approximate surface area is 118 Å². The van der Waals surface area contributed by atoms with Crippen LogP contribution in [0.25, 0.3) is 0 Å². The molecule has 2 N–H and O–H groups in total. The number of hydrogen-bond donors (Lipinski definition) is 2. The molecule has 0 aromatic heterocycles. The average Bonchev–Trinajstić information content (AvgIpc) is 2.41. The van der Waals surface area contributed by atoms with Crippen molar-refractivity contribution in [2.45, 2.75) is 6.61 Å². The molecule has 0 aliphatic rings. The lowest BCUT2D eigenvalue weighted by Gasteiger charge is -2.09. The fourth-order valence-corrected chi connectivity index (χ4v) is 1.58. The molecule has 0 saturated carbocycles. The summed E-state index contributed by atoms with van der Waals surface area (Å²) in [4.78, 5) is 11.7. The Kier molecular flexibility index (Phi) is 4.65. The van der Waals surface area contributed by atoms with Crippen LogP contribution in [-0.4, -0.2) is 12.6 Å². The third-order valence-corrected chi connectivity index (χ3v) is 2.42. The fraction of sp³-hybridized carbons (Fsp3) is 0.0714. The van der Waals surface area contributed by atoms with Crippen molar-refractivity contribution in [3.63, 3.8) is 0 Å². The molecule has 2 rings (SSSR count). The molecule has 0 atom stereocenters. The second-order valence-corrected chi connectivity index (χ2v) is 3.99. The van der Waals surface area contributed by atoms with Gasteiger partial charge in [-0.1, -0.05) is 6.07 Å². The number of carbonyl (C=O) groups is 1. The van der Waals surface area contributed by atoms with Gasteiger partial charge in [-0.25, -0.2) is 9.18 Å². The number of rotatable bonds is 4. The van der Waals surface area contributed by atoms with E-state index in [0.29, 0.717) is 5.69 Å². The van der Waals surface area contributed by atoms with E-state index in [9.17, 15) is 18.0 Å². The van der Waals surface area contributed by atoms with Crippen molar-refractivity contribution in [1.29, 1.82) is 0 Å². The predicted molar refractivity (Wildman–Crippen MR) is 72.1 cm³/mol. The highest BCUT2D eigenvalue weighted by Crippen LogP contribution is 2.19. The van der Waals surface area contributed by atoms with Gasteiger partial charge in [-0.3, -0.25) is 0 Å². The van der Waals surface area contributed by atoms with Gasteiger partial charge < -0.3 is 15.4 Å². The second kappa shape index (κ2) is 6.65. The van der Waals surface area contributed by atoms with E-state index in [1.54, 1.807) is 0 Å². The zero-order valence-corrected chi connectivity index (χ0v) is 10.6. The molecule has 4 nitrogen and oxygen atoms in total. The molecule has 0 aliphatic heterocycles. The molecule has 0 radical (unpaired) electrons. The molecule has 2 amide bonds. The lowest BCUT2D eigenvalue weighted by Crippen LogP contribution is -2.19. The van der Waals surface area contributed by atoms with Crippen LogP contribution in [0.4, 0.5) is 29.3 Å². The Morgan fingerprint density at radius 3 is 2.33 bits per heavy atom. The number of halogens is 3. The number of amides is 2. The maximum absolute atomic E-state index is 12.7. The molecule has 7 heteroatoms. The summed E-state index contributed by atoms with van der Waals surface area (Å²) < 4.78 is 41.1. The van der Waals surface area contributed by atoms with Gasteiger partial charge in [-0.05, 0) is 36.4 Å². The third-order valence-electron chi connectivity index (χ3n) is 2.42. The quantitative estimate of drug-likeness (QED) is 0.893. The molecule has 0 fully saturated rings. The van der Waals surface area contributed by atoms with Crippen LogP contribution in [0, 0.1) is 5.82 Å². The number of hydrogen-bond acceptors (Lipinski definition) is 2. The maximum atomic E-state index is 12.7. The van der Waals surface area contributed by atoms with Crippen LogP contribution >= 0.6 is 0 Å². The van der Waals surface area contributed by atoms with Crippen molar-refractivity contribution < 1.29 is 22.7 Å². The highest BCUT2D eigenvalue weighted by Gasteiger charge is 2.07. The minimum Gasteiger partial charge on any atom is -0.435 e. The largest absolute Gasteiger partial charge is 0.435 e. The van der Waals surface area contributed by atoms with E-state index in [1.165, 1.54) is 48.5 Å². The summed E-state index contributed by atoms with van der Waals surface area (Å²) in [7, 11) is 0. The Hall–Kier alpha value is -2.70. The van der Waals surface area contributed by atoms with Crippen LogP contribution in [0.2, 0.25) is 0 Å². The fourth-order valence-electron chi connectivity index (χ4n) is 1.58. The summed E-state index contributed by atoms with van der Waals surface area (Å²) >= 11 is 0. The smallest absolute Gasteiger partial charge is 0.387 e. The summed E-state index contributed by atoms with van der Waals surface area (Å²) in [5, 5.41) is 4.92. The number of alkyl halides is 2. The first kappa shape index (κ1) is 14.7.